The van der Waals surface area contributed by atoms with Gasteiger partial charge >= 0.3 is 5.97 Å². The van der Waals surface area contributed by atoms with Crippen LogP contribution in [-0.4, -0.2) is 35.5 Å². The lowest BCUT2D eigenvalue weighted by atomic mass is 10.1. The molecule has 0 bridgehead atoms. The molecule has 0 saturated heterocycles. The molecule has 32 heavy (non-hydrogen) atoms. The van der Waals surface area contributed by atoms with Gasteiger partial charge in [0.05, 0.1) is 32.4 Å². The fourth-order valence-corrected chi connectivity index (χ4v) is 3.38. The van der Waals surface area contributed by atoms with Gasteiger partial charge in [-0.2, -0.15) is 0 Å². The molecule has 4 rings (SSSR count). The van der Waals surface area contributed by atoms with Crippen LogP contribution in [-0.2, 0) is 9.53 Å². The molecular formula is C21H13Cl2N3O6. The highest BCUT2D eigenvalue weighted by Crippen LogP contribution is 2.30. The molecule has 9 nitrogen and oxygen atoms in total. The van der Waals surface area contributed by atoms with Crippen molar-refractivity contribution in [3.63, 3.8) is 0 Å². The van der Waals surface area contributed by atoms with E-state index in [9.17, 15) is 19.2 Å². The third-order valence-corrected chi connectivity index (χ3v) is 5.35. The molecule has 1 aliphatic rings. The van der Waals surface area contributed by atoms with Crippen LogP contribution >= 0.6 is 23.2 Å². The van der Waals surface area contributed by atoms with Gasteiger partial charge in [0.25, 0.3) is 17.7 Å². The number of esters is 1. The molecule has 0 atom stereocenters. The molecule has 3 aromatic rings. The van der Waals surface area contributed by atoms with E-state index in [1.54, 1.807) is 25.1 Å². The highest BCUT2D eigenvalue weighted by atomic mass is 35.5. The quantitative estimate of drug-likeness (QED) is 0.440. The SMILES string of the molecule is Cc1cc(N2C(=O)c3ccc(C(=O)OCC(=O)Nc4cccc(Cl)c4Cl)cc3C2=O)no1. The van der Waals surface area contributed by atoms with Crippen LogP contribution in [0.3, 0.4) is 0 Å². The minimum absolute atomic E-state index is 0.00308. The number of nitrogens with zero attached hydrogens (tertiary/aromatic N) is 2. The van der Waals surface area contributed by atoms with Crippen molar-refractivity contribution in [3.05, 3.63) is 75.0 Å². The Labute approximate surface area is 190 Å². The Morgan fingerprint density at radius 2 is 1.84 bits per heavy atom. The van der Waals surface area contributed by atoms with Crippen molar-refractivity contribution >= 4 is 58.4 Å². The van der Waals surface area contributed by atoms with Crippen LogP contribution in [0.2, 0.25) is 10.0 Å². The van der Waals surface area contributed by atoms with E-state index in [1.807, 2.05) is 0 Å². The Hall–Kier alpha value is -3.69. The van der Waals surface area contributed by atoms with Crippen molar-refractivity contribution in [2.45, 2.75) is 6.92 Å². The molecule has 1 aliphatic heterocycles. The third-order valence-electron chi connectivity index (χ3n) is 4.53. The van der Waals surface area contributed by atoms with Gasteiger partial charge in [-0.25, -0.2) is 9.69 Å². The number of hydrogen-bond donors (Lipinski definition) is 1. The number of rotatable bonds is 5. The molecule has 11 heteroatoms. The predicted octanol–water partition coefficient (Wildman–Crippen LogP) is 3.89. The van der Waals surface area contributed by atoms with Crippen LogP contribution < -0.4 is 10.2 Å². The number of fused-ring (bicyclic) bond motifs is 1. The molecule has 1 N–H and O–H groups in total. The number of benzene rings is 2. The van der Waals surface area contributed by atoms with E-state index in [-0.39, 0.29) is 38.2 Å². The third kappa shape index (κ3) is 3.95. The summed E-state index contributed by atoms with van der Waals surface area (Å²) in [5, 5.41) is 6.59. The minimum Gasteiger partial charge on any atom is -0.452 e. The number of imide groups is 1. The maximum atomic E-state index is 12.7. The number of carbonyl (C=O) groups is 4. The summed E-state index contributed by atoms with van der Waals surface area (Å²) in [6.07, 6.45) is 0. The largest absolute Gasteiger partial charge is 0.452 e. The Bertz CT molecular complexity index is 1290. The summed E-state index contributed by atoms with van der Waals surface area (Å²) in [5.41, 5.74) is 0.391. The predicted molar refractivity (Wildman–Crippen MR) is 114 cm³/mol. The number of ether oxygens (including phenoxy) is 1. The zero-order valence-corrected chi connectivity index (χ0v) is 17.9. The lowest BCUT2D eigenvalue weighted by Gasteiger charge is -2.09. The minimum atomic E-state index is -0.851. The highest BCUT2D eigenvalue weighted by molar-refractivity contribution is 6.44. The molecule has 0 unspecified atom stereocenters. The van der Waals surface area contributed by atoms with E-state index in [1.165, 1.54) is 24.3 Å². The second-order valence-electron chi connectivity index (χ2n) is 6.73. The number of hydrogen-bond acceptors (Lipinski definition) is 7. The summed E-state index contributed by atoms with van der Waals surface area (Å²) >= 11 is 11.9. The number of anilines is 2. The smallest absolute Gasteiger partial charge is 0.338 e. The van der Waals surface area contributed by atoms with Crippen LogP contribution in [0.15, 0.2) is 47.0 Å². The van der Waals surface area contributed by atoms with Crippen molar-refractivity contribution in [2.24, 2.45) is 0 Å². The summed E-state index contributed by atoms with van der Waals surface area (Å²) in [5.74, 6) is -2.25. The molecule has 2 aromatic carbocycles. The maximum absolute atomic E-state index is 12.7. The van der Waals surface area contributed by atoms with Gasteiger partial charge in [0.1, 0.15) is 5.76 Å². The molecule has 3 amide bonds. The van der Waals surface area contributed by atoms with Crippen molar-refractivity contribution in [3.8, 4) is 0 Å². The monoisotopic (exact) mass is 473 g/mol. The number of aryl methyl sites for hydroxylation is 1. The summed E-state index contributed by atoms with van der Waals surface area (Å²) in [7, 11) is 0. The number of halogens is 2. The van der Waals surface area contributed by atoms with Crippen molar-refractivity contribution in [1.29, 1.82) is 0 Å². The topological polar surface area (TPSA) is 119 Å². The highest BCUT2D eigenvalue weighted by Gasteiger charge is 2.38. The molecule has 1 aromatic heterocycles. The van der Waals surface area contributed by atoms with Gasteiger partial charge in [-0.05, 0) is 37.3 Å². The number of carbonyl (C=O) groups excluding carboxylic acids is 4. The van der Waals surface area contributed by atoms with Crippen molar-refractivity contribution < 1.29 is 28.4 Å². The first-order valence-electron chi connectivity index (χ1n) is 9.13. The zero-order chi connectivity index (χ0) is 23.0. The molecule has 0 saturated carbocycles. The second-order valence-corrected chi connectivity index (χ2v) is 7.51. The molecule has 0 fully saturated rings. The fraction of sp³-hybridized carbons (Fsp3) is 0.0952. The molecule has 0 aliphatic carbocycles. The van der Waals surface area contributed by atoms with E-state index in [4.69, 9.17) is 32.5 Å². The average molecular weight is 474 g/mol. The molecular weight excluding hydrogens is 461 g/mol. The van der Waals surface area contributed by atoms with Gasteiger partial charge in [0.2, 0.25) is 0 Å². The van der Waals surface area contributed by atoms with E-state index in [0.717, 1.165) is 4.90 Å². The first-order chi connectivity index (χ1) is 15.3. The summed E-state index contributed by atoms with van der Waals surface area (Å²) in [6, 6.07) is 10.0. The van der Waals surface area contributed by atoms with Gasteiger partial charge in [0, 0.05) is 6.07 Å². The Morgan fingerprint density at radius 3 is 2.56 bits per heavy atom. The van der Waals surface area contributed by atoms with Gasteiger partial charge in [-0.1, -0.05) is 34.4 Å². The number of aromatic nitrogens is 1. The Kier molecular flexibility index (Phi) is 5.68. The fourth-order valence-electron chi connectivity index (χ4n) is 3.04. The molecule has 2 heterocycles. The van der Waals surface area contributed by atoms with Crippen LogP contribution in [0.25, 0.3) is 0 Å². The van der Waals surface area contributed by atoms with Crippen LogP contribution in [0.5, 0.6) is 0 Å². The van der Waals surface area contributed by atoms with Gasteiger partial charge in [-0.15, -0.1) is 0 Å². The summed E-state index contributed by atoms with van der Waals surface area (Å²) in [6.45, 7) is 1.02. The maximum Gasteiger partial charge on any atom is 0.338 e. The Morgan fingerprint density at radius 1 is 1.09 bits per heavy atom. The molecule has 0 spiro atoms. The molecule has 0 radical (unpaired) electrons. The van der Waals surface area contributed by atoms with Crippen LogP contribution in [0.4, 0.5) is 11.5 Å². The van der Waals surface area contributed by atoms with Crippen molar-refractivity contribution in [2.75, 3.05) is 16.8 Å². The number of amides is 3. The van der Waals surface area contributed by atoms with E-state index >= 15 is 0 Å². The van der Waals surface area contributed by atoms with Crippen molar-refractivity contribution in [1.82, 2.24) is 5.16 Å². The zero-order valence-electron chi connectivity index (χ0n) is 16.3. The average Bonchev–Trinajstić information content (AvgIpc) is 3.30. The van der Waals surface area contributed by atoms with E-state index in [2.05, 4.69) is 10.5 Å². The first kappa shape index (κ1) is 21.5. The standard InChI is InChI=1S/C21H13Cl2N3O6/c1-10-7-16(25-32-10)26-19(28)12-6-5-11(8-13(12)20(26)29)21(30)31-9-17(27)24-15-4-2-3-14(22)18(15)23/h2-8H,9H2,1H3,(H,24,27). The first-order valence-corrected chi connectivity index (χ1v) is 9.89. The summed E-state index contributed by atoms with van der Waals surface area (Å²) in [4.78, 5) is 50.6. The van der Waals surface area contributed by atoms with E-state index in [0.29, 0.717) is 5.76 Å². The van der Waals surface area contributed by atoms with E-state index < -0.39 is 30.3 Å². The van der Waals surface area contributed by atoms with Gasteiger partial charge in [0.15, 0.2) is 12.4 Å². The lowest BCUT2D eigenvalue weighted by Crippen LogP contribution is -2.29. The second kappa shape index (κ2) is 8.45. The van der Waals surface area contributed by atoms with Gasteiger partial charge in [-0.3, -0.25) is 14.4 Å². The van der Waals surface area contributed by atoms with Crippen LogP contribution in [0.1, 0.15) is 36.8 Å². The lowest BCUT2D eigenvalue weighted by molar-refractivity contribution is -0.119. The molecule has 162 valence electrons. The number of nitrogens with one attached hydrogen (secondary N) is 1. The normalized spacial score (nSPS) is 12.7. The van der Waals surface area contributed by atoms with Crippen LogP contribution in [0, 0.1) is 6.92 Å². The van der Waals surface area contributed by atoms with Gasteiger partial charge < -0.3 is 14.6 Å². The summed E-state index contributed by atoms with van der Waals surface area (Å²) < 4.78 is 9.93. The Balaban J connectivity index is 1.44.